The van der Waals surface area contributed by atoms with Crippen LogP contribution in [-0.4, -0.2) is 19.7 Å². The van der Waals surface area contributed by atoms with Gasteiger partial charge in [0.15, 0.2) is 11.0 Å². The number of nitro groups is 1. The Balaban J connectivity index is 1.86. The Hall–Kier alpha value is -2.67. The minimum Gasteiger partial charge on any atom is -0.302 e. The van der Waals surface area contributed by atoms with Crippen LogP contribution in [0.4, 0.5) is 5.69 Å². The van der Waals surface area contributed by atoms with Crippen LogP contribution in [0, 0.1) is 17.0 Å². The molecule has 2 aromatic carbocycles. The standard InChI is InChI=1S/C18H18N4O2S/c1-3-21-17(15-8-5-9-16(11-15)22(23)24)19-20-18(21)25-12-14-7-4-6-13(2)10-14/h4-11H,3,12H2,1-2H3. The SMILES string of the molecule is CCn1c(SCc2cccc(C)c2)nnc1-c1cccc([N+](=O)[O-])c1. The van der Waals surface area contributed by atoms with E-state index >= 15 is 0 Å². The van der Waals surface area contributed by atoms with Gasteiger partial charge in [0, 0.05) is 30.0 Å². The number of aromatic nitrogens is 3. The zero-order valence-corrected chi connectivity index (χ0v) is 14.9. The molecule has 0 amide bonds. The minimum atomic E-state index is -0.399. The predicted octanol–water partition coefficient (Wildman–Crippen LogP) is 4.47. The second kappa shape index (κ2) is 7.48. The lowest BCUT2D eigenvalue weighted by Gasteiger charge is -2.07. The van der Waals surface area contributed by atoms with Gasteiger partial charge in [0.1, 0.15) is 0 Å². The van der Waals surface area contributed by atoms with E-state index in [0.717, 1.165) is 10.9 Å². The van der Waals surface area contributed by atoms with E-state index in [1.165, 1.54) is 23.3 Å². The molecule has 0 fully saturated rings. The van der Waals surface area contributed by atoms with Gasteiger partial charge in [-0.05, 0) is 19.4 Å². The van der Waals surface area contributed by atoms with Gasteiger partial charge in [-0.15, -0.1) is 10.2 Å². The van der Waals surface area contributed by atoms with Gasteiger partial charge in [-0.1, -0.05) is 53.7 Å². The summed E-state index contributed by atoms with van der Waals surface area (Å²) in [7, 11) is 0. The normalized spacial score (nSPS) is 10.8. The van der Waals surface area contributed by atoms with E-state index < -0.39 is 4.92 Å². The average molecular weight is 354 g/mol. The van der Waals surface area contributed by atoms with Crippen molar-refractivity contribution in [1.29, 1.82) is 0 Å². The highest BCUT2D eigenvalue weighted by Gasteiger charge is 2.15. The van der Waals surface area contributed by atoms with Gasteiger partial charge in [-0.2, -0.15) is 0 Å². The van der Waals surface area contributed by atoms with Crippen molar-refractivity contribution < 1.29 is 4.92 Å². The third-order valence-corrected chi connectivity index (χ3v) is 4.84. The molecule has 0 N–H and O–H groups in total. The summed E-state index contributed by atoms with van der Waals surface area (Å²) in [4.78, 5) is 10.6. The Morgan fingerprint density at radius 3 is 2.68 bits per heavy atom. The van der Waals surface area contributed by atoms with Crippen molar-refractivity contribution >= 4 is 17.4 Å². The molecule has 0 spiro atoms. The summed E-state index contributed by atoms with van der Waals surface area (Å²) in [6, 6.07) is 14.9. The highest BCUT2D eigenvalue weighted by molar-refractivity contribution is 7.98. The number of thioether (sulfide) groups is 1. The predicted molar refractivity (Wildman–Crippen MR) is 98.5 cm³/mol. The number of nitro benzene ring substituents is 1. The first-order valence-electron chi connectivity index (χ1n) is 7.95. The van der Waals surface area contributed by atoms with Crippen molar-refractivity contribution in [3.63, 3.8) is 0 Å². The Morgan fingerprint density at radius 2 is 1.96 bits per heavy atom. The zero-order chi connectivity index (χ0) is 17.8. The van der Waals surface area contributed by atoms with Crippen molar-refractivity contribution in [2.45, 2.75) is 31.3 Å². The summed E-state index contributed by atoms with van der Waals surface area (Å²) in [5.74, 6) is 1.45. The summed E-state index contributed by atoms with van der Waals surface area (Å²) in [6.07, 6.45) is 0. The smallest absolute Gasteiger partial charge is 0.270 e. The van der Waals surface area contributed by atoms with Crippen molar-refractivity contribution in [2.24, 2.45) is 0 Å². The number of non-ortho nitro benzene ring substituents is 1. The van der Waals surface area contributed by atoms with Gasteiger partial charge in [0.05, 0.1) is 4.92 Å². The molecule has 3 aromatic rings. The van der Waals surface area contributed by atoms with Crippen LogP contribution in [0.3, 0.4) is 0 Å². The van der Waals surface area contributed by atoms with Crippen LogP contribution in [-0.2, 0) is 12.3 Å². The summed E-state index contributed by atoms with van der Waals surface area (Å²) in [6.45, 7) is 4.78. The summed E-state index contributed by atoms with van der Waals surface area (Å²) < 4.78 is 1.99. The molecule has 1 heterocycles. The van der Waals surface area contributed by atoms with Gasteiger partial charge in [0.25, 0.3) is 5.69 Å². The average Bonchev–Trinajstić information content (AvgIpc) is 3.03. The molecule has 0 aliphatic heterocycles. The summed E-state index contributed by atoms with van der Waals surface area (Å²) in [5.41, 5.74) is 3.21. The molecule has 0 saturated heterocycles. The third-order valence-electron chi connectivity index (χ3n) is 3.80. The minimum absolute atomic E-state index is 0.0529. The molecular formula is C18H18N4O2S. The van der Waals surface area contributed by atoms with E-state index in [0.29, 0.717) is 17.9 Å². The lowest BCUT2D eigenvalue weighted by molar-refractivity contribution is -0.384. The number of benzene rings is 2. The molecule has 7 heteroatoms. The quantitative estimate of drug-likeness (QED) is 0.371. The molecule has 0 unspecified atom stereocenters. The van der Waals surface area contributed by atoms with E-state index in [4.69, 9.17) is 0 Å². The third kappa shape index (κ3) is 3.88. The number of hydrogen-bond donors (Lipinski definition) is 0. The Labute approximate surface area is 150 Å². The molecule has 3 rings (SSSR count). The van der Waals surface area contributed by atoms with Crippen LogP contribution in [0.1, 0.15) is 18.1 Å². The van der Waals surface area contributed by atoms with E-state index in [1.807, 2.05) is 23.6 Å². The zero-order valence-electron chi connectivity index (χ0n) is 14.0. The monoisotopic (exact) mass is 354 g/mol. The van der Waals surface area contributed by atoms with E-state index in [1.54, 1.807) is 17.8 Å². The second-order valence-electron chi connectivity index (χ2n) is 5.64. The maximum atomic E-state index is 11.0. The first-order valence-corrected chi connectivity index (χ1v) is 8.93. The van der Waals surface area contributed by atoms with Crippen molar-refractivity contribution in [1.82, 2.24) is 14.8 Å². The van der Waals surface area contributed by atoms with Crippen molar-refractivity contribution in [2.75, 3.05) is 0 Å². The van der Waals surface area contributed by atoms with Gasteiger partial charge >= 0.3 is 0 Å². The lowest BCUT2D eigenvalue weighted by Crippen LogP contribution is -2.00. The molecule has 25 heavy (non-hydrogen) atoms. The topological polar surface area (TPSA) is 73.8 Å². The highest BCUT2D eigenvalue weighted by atomic mass is 32.2. The molecule has 0 atom stereocenters. The van der Waals surface area contributed by atoms with Gasteiger partial charge in [-0.3, -0.25) is 10.1 Å². The molecule has 6 nitrogen and oxygen atoms in total. The second-order valence-corrected chi connectivity index (χ2v) is 6.58. The fraction of sp³-hybridized carbons (Fsp3) is 0.222. The molecule has 0 aliphatic carbocycles. The maximum Gasteiger partial charge on any atom is 0.270 e. The number of aryl methyl sites for hydroxylation is 1. The van der Waals surface area contributed by atoms with Crippen LogP contribution in [0.15, 0.2) is 53.7 Å². The van der Waals surface area contributed by atoms with Gasteiger partial charge in [0.2, 0.25) is 0 Å². The fourth-order valence-electron chi connectivity index (χ4n) is 2.60. The summed E-state index contributed by atoms with van der Waals surface area (Å²) >= 11 is 1.61. The molecule has 0 saturated carbocycles. The Bertz CT molecular complexity index is 908. The van der Waals surface area contributed by atoms with Gasteiger partial charge < -0.3 is 4.57 Å². The van der Waals surface area contributed by atoms with Crippen LogP contribution in [0.5, 0.6) is 0 Å². The molecule has 0 radical (unpaired) electrons. The van der Waals surface area contributed by atoms with E-state index in [-0.39, 0.29) is 5.69 Å². The molecule has 0 bridgehead atoms. The van der Waals surface area contributed by atoms with Crippen molar-refractivity contribution in [3.8, 4) is 11.4 Å². The van der Waals surface area contributed by atoms with Crippen LogP contribution >= 0.6 is 11.8 Å². The maximum absolute atomic E-state index is 11.0. The van der Waals surface area contributed by atoms with Crippen LogP contribution < -0.4 is 0 Å². The number of nitrogens with zero attached hydrogens (tertiary/aromatic N) is 4. The molecule has 128 valence electrons. The van der Waals surface area contributed by atoms with E-state index in [9.17, 15) is 10.1 Å². The first kappa shape index (κ1) is 17.2. The number of rotatable bonds is 6. The Kier molecular flexibility index (Phi) is 5.14. The molecular weight excluding hydrogens is 336 g/mol. The van der Waals surface area contributed by atoms with Crippen molar-refractivity contribution in [3.05, 3.63) is 69.8 Å². The van der Waals surface area contributed by atoms with Crippen LogP contribution in [0.2, 0.25) is 0 Å². The number of hydrogen-bond acceptors (Lipinski definition) is 5. The Morgan fingerprint density at radius 1 is 1.16 bits per heavy atom. The van der Waals surface area contributed by atoms with Gasteiger partial charge in [-0.25, -0.2) is 0 Å². The van der Waals surface area contributed by atoms with E-state index in [2.05, 4.69) is 35.3 Å². The highest BCUT2D eigenvalue weighted by Crippen LogP contribution is 2.28. The fourth-order valence-corrected chi connectivity index (χ4v) is 3.55. The van der Waals surface area contributed by atoms with Crippen LogP contribution in [0.25, 0.3) is 11.4 Å². The first-order chi connectivity index (χ1) is 12.1. The lowest BCUT2D eigenvalue weighted by atomic mass is 10.2. The molecule has 1 aromatic heterocycles. The largest absolute Gasteiger partial charge is 0.302 e. The molecule has 0 aliphatic rings. The summed E-state index contributed by atoms with van der Waals surface area (Å²) in [5, 5.41) is 20.3.